The van der Waals surface area contributed by atoms with Crippen LogP contribution < -0.4 is 4.90 Å². The molecular weight excluding hydrogens is 574 g/mol. The number of rotatable bonds is 5. The summed E-state index contributed by atoms with van der Waals surface area (Å²) in [5.41, 5.74) is 1.99. The Bertz CT molecular complexity index is 1850. The van der Waals surface area contributed by atoms with Crippen molar-refractivity contribution in [2.75, 3.05) is 4.90 Å². The maximum Gasteiger partial charge on any atom is 0.283 e. The smallest absolute Gasteiger partial charge is 0.283 e. The number of imide groups is 1. The van der Waals surface area contributed by atoms with Gasteiger partial charge in [-0.25, -0.2) is 4.98 Å². The molecule has 7 rings (SSSR count). The molecule has 0 N–H and O–H groups in total. The zero-order valence-electron chi connectivity index (χ0n) is 21.9. The first-order valence-electron chi connectivity index (χ1n) is 13.4. The van der Waals surface area contributed by atoms with Crippen LogP contribution in [0.2, 0.25) is 0 Å². The van der Waals surface area contributed by atoms with Crippen LogP contribution in [-0.2, 0) is 9.59 Å². The van der Waals surface area contributed by atoms with Crippen LogP contribution in [0.25, 0.3) is 16.3 Å². The molecule has 9 nitrogen and oxygen atoms in total. The molecule has 0 radical (unpaired) electrons. The normalized spacial score (nSPS) is 19.9. The minimum atomic E-state index is -0.507. The molecule has 208 valence electrons. The molecule has 1 saturated carbocycles. The number of amides is 2. The van der Waals surface area contributed by atoms with Gasteiger partial charge in [0.1, 0.15) is 0 Å². The molecule has 2 atom stereocenters. The van der Waals surface area contributed by atoms with E-state index in [2.05, 4.69) is 4.98 Å². The fourth-order valence-corrected chi connectivity index (χ4v) is 8.15. The van der Waals surface area contributed by atoms with Crippen LogP contribution >= 0.6 is 23.1 Å². The molecule has 0 spiro atoms. The van der Waals surface area contributed by atoms with Crippen molar-refractivity contribution < 1.29 is 24.1 Å². The number of anilines is 1. The van der Waals surface area contributed by atoms with Gasteiger partial charge in [0.15, 0.2) is 15.9 Å². The number of aromatic nitrogens is 1. The summed E-state index contributed by atoms with van der Waals surface area (Å²) in [7, 11) is 0. The number of allylic oxidation sites excluding steroid dienone is 1. The predicted molar refractivity (Wildman–Crippen MR) is 158 cm³/mol. The molecule has 0 unspecified atom stereocenters. The number of hydrogen-bond donors (Lipinski definition) is 0. The van der Waals surface area contributed by atoms with Crippen LogP contribution in [0.4, 0.5) is 11.4 Å². The number of thiazole rings is 1. The molecule has 42 heavy (non-hydrogen) atoms. The lowest BCUT2D eigenvalue weighted by atomic mass is 9.81. The van der Waals surface area contributed by atoms with E-state index in [0.717, 1.165) is 42.1 Å². The van der Waals surface area contributed by atoms with Crippen LogP contribution in [0.15, 0.2) is 75.5 Å². The number of ketones is 2. The quantitative estimate of drug-likeness (QED) is 0.0841. The van der Waals surface area contributed by atoms with Crippen LogP contribution in [0.3, 0.4) is 0 Å². The lowest BCUT2D eigenvalue weighted by Crippen LogP contribution is -2.30. The summed E-state index contributed by atoms with van der Waals surface area (Å²) < 4.78 is 1.31. The summed E-state index contributed by atoms with van der Waals surface area (Å²) in [5, 5.41) is 12.0. The number of carbonyl (C=O) groups excluding carboxylic acids is 4. The van der Waals surface area contributed by atoms with Crippen molar-refractivity contribution in [2.45, 2.75) is 34.9 Å². The van der Waals surface area contributed by atoms with Crippen molar-refractivity contribution in [3.63, 3.8) is 0 Å². The average molecular weight is 596 g/mol. The molecule has 3 aromatic carbocycles. The predicted octanol–water partition coefficient (Wildman–Crippen LogP) is 6.50. The molecule has 2 fully saturated rings. The molecule has 2 heterocycles. The fourth-order valence-electron chi connectivity index (χ4n) is 6.01. The van der Waals surface area contributed by atoms with Gasteiger partial charge in [-0.3, -0.25) is 34.2 Å². The number of Topliss-reactive ketones (excluding diaryl/α,β-unsaturated/α-hetero) is 2. The maximum atomic E-state index is 13.0. The van der Waals surface area contributed by atoms with Crippen LogP contribution in [0, 0.1) is 22.0 Å². The van der Waals surface area contributed by atoms with E-state index < -0.39 is 16.5 Å². The topological polar surface area (TPSA) is 128 Å². The zero-order chi connectivity index (χ0) is 29.1. The number of nitro benzene ring substituents is 1. The minimum Gasteiger partial charge on any atom is -0.288 e. The molecule has 4 aromatic rings. The van der Waals surface area contributed by atoms with Crippen molar-refractivity contribution in [3.05, 3.63) is 93.0 Å². The summed E-state index contributed by atoms with van der Waals surface area (Å²) in [4.78, 5) is 69.4. The van der Waals surface area contributed by atoms with Crippen molar-refractivity contribution in [3.8, 4) is 0 Å². The highest BCUT2D eigenvalue weighted by molar-refractivity contribution is 8.01. The third kappa shape index (κ3) is 4.27. The Morgan fingerprint density at radius 2 is 1.57 bits per heavy atom. The SMILES string of the molecule is O=C1C(=Cc2ccc(Sc3nc4ccc(N5C(=O)[C@H]6CCCC[C@@H]6C5=O)cc4s3)c([N+](=O)[O-])c2)C(=O)c2ccccc21. The van der Waals surface area contributed by atoms with Gasteiger partial charge < -0.3 is 0 Å². The highest BCUT2D eigenvalue weighted by Gasteiger charge is 2.48. The van der Waals surface area contributed by atoms with Crippen molar-refractivity contribution >= 4 is 74.1 Å². The van der Waals surface area contributed by atoms with E-state index in [0.29, 0.717) is 37.1 Å². The van der Waals surface area contributed by atoms with Gasteiger partial charge in [0.2, 0.25) is 11.8 Å². The Morgan fingerprint density at radius 1 is 0.905 bits per heavy atom. The first-order valence-corrected chi connectivity index (χ1v) is 15.1. The Hall–Kier alpha value is -4.48. The lowest BCUT2D eigenvalue weighted by molar-refractivity contribution is -0.387. The van der Waals surface area contributed by atoms with Gasteiger partial charge in [-0.05, 0) is 48.7 Å². The zero-order valence-corrected chi connectivity index (χ0v) is 23.6. The van der Waals surface area contributed by atoms with E-state index in [1.807, 2.05) is 0 Å². The number of hydrogen-bond acceptors (Lipinski definition) is 9. The third-order valence-corrected chi connectivity index (χ3v) is 10.2. The van der Waals surface area contributed by atoms with Crippen molar-refractivity contribution in [1.82, 2.24) is 4.98 Å². The summed E-state index contributed by atoms with van der Waals surface area (Å²) >= 11 is 2.45. The lowest BCUT2D eigenvalue weighted by Gasteiger charge is -2.19. The van der Waals surface area contributed by atoms with Crippen LogP contribution in [0.1, 0.15) is 52.0 Å². The largest absolute Gasteiger partial charge is 0.288 e. The molecule has 3 aliphatic rings. The Kier molecular flexibility index (Phi) is 6.36. The summed E-state index contributed by atoms with van der Waals surface area (Å²) in [5.74, 6) is -1.57. The van der Waals surface area contributed by atoms with E-state index in [1.54, 1.807) is 54.6 Å². The highest BCUT2D eigenvalue weighted by atomic mass is 32.2. The van der Waals surface area contributed by atoms with Gasteiger partial charge in [0, 0.05) is 17.2 Å². The number of fused-ring (bicyclic) bond motifs is 3. The van der Waals surface area contributed by atoms with E-state index in [9.17, 15) is 29.3 Å². The monoisotopic (exact) mass is 595 g/mol. The van der Waals surface area contributed by atoms with Crippen LogP contribution in [0.5, 0.6) is 0 Å². The summed E-state index contributed by atoms with van der Waals surface area (Å²) in [6, 6.07) is 16.3. The first kappa shape index (κ1) is 26.4. The van der Waals surface area contributed by atoms with Gasteiger partial charge in [-0.15, -0.1) is 11.3 Å². The number of nitrogens with zero attached hydrogens (tertiary/aromatic N) is 3. The van der Waals surface area contributed by atoms with Gasteiger partial charge in [-0.2, -0.15) is 0 Å². The van der Waals surface area contributed by atoms with E-state index in [1.165, 1.54) is 28.4 Å². The standard InChI is InChI=1S/C31H21N3O6S2/c35-27-18-5-1-2-6-19(18)28(36)22(27)13-16-9-12-25(24(14-16)34(39)40)41-31-32-23-11-10-17(15-26(23)42-31)33-29(37)20-7-3-4-8-21(20)30(33)38/h1-2,5-6,9-15,20-21H,3-4,7-8H2/t20-,21-/m0/s1. The molecule has 1 aliphatic heterocycles. The minimum absolute atomic E-state index is 0.0258. The molecule has 2 amide bonds. The Morgan fingerprint density at radius 3 is 2.21 bits per heavy atom. The summed E-state index contributed by atoms with van der Waals surface area (Å²) in [6.45, 7) is 0. The first-order chi connectivity index (χ1) is 20.3. The molecule has 2 aliphatic carbocycles. The van der Waals surface area contributed by atoms with Crippen molar-refractivity contribution in [2.24, 2.45) is 11.8 Å². The molecule has 0 bridgehead atoms. The second-order valence-corrected chi connectivity index (χ2v) is 12.8. The molecule has 1 aromatic heterocycles. The van der Waals surface area contributed by atoms with E-state index in [4.69, 9.17) is 0 Å². The highest BCUT2D eigenvalue weighted by Crippen LogP contribution is 2.43. The second kappa shape index (κ2) is 10.1. The van der Waals surface area contributed by atoms with Crippen LogP contribution in [-0.4, -0.2) is 33.3 Å². The van der Waals surface area contributed by atoms with Gasteiger partial charge >= 0.3 is 0 Å². The van der Waals surface area contributed by atoms with Crippen molar-refractivity contribution in [1.29, 1.82) is 0 Å². The molecule has 1 saturated heterocycles. The maximum absolute atomic E-state index is 13.0. The molecular formula is C31H21N3O6S2. The van der Waals surface area contributed by atoms with Gasteiger partial charge in [0.05, 0.1) is 43.1 Å². The average Bonchev–Trinajstić information content (AvgIpc) is 3.59. The Labute approximate surface area is 247 Å². The number of benzene rings is 3. The fraction of sp³-hybridized carbons (Fsp3) is 0.194. The summed E-state index contributed by atoms with van der Waals surface area (Å²) in [6.07, 6.45) is 4.78. The number of nitro groups is 1. The molecule has 11 heteroatoms. The van der Waals surface area contributed by atoms with E-state index >= 15 is 0 Å². The Balaban J connectivity index is 1.16. The van der Waals surface area contributed by atoms with E-state index in [-0.39, 0.29) is 34.9 Å². The third-order valence-electron chi connectivity index (χ3n) is 8.05. The second-order valence-electron chi connectivity index (χ2n) is 10.5. The van der Waals surface area contributed by atoms with Gasteiger partial charge in [0.25, 0.3) is 5.69 Å². The van der Waals surface area contributed by atoms with Gasteiger partial charge in [-0.1, -0.05) is 54.9 Å². The number of carbonyl (C=O) groups is 4.